The van der Waals surface area contributed by atoms with E-state index in [-0.39, 0.29) is 10.5 Å². The average molecular weight is 324 g/mol. The lowest BCUT2D eigenvalue weighted by atomic mass is 10.1. The molecule has 6 heteroatoms. The van der Waals surface area contributed by atoms with E-state index in [1.807, 2.05) is 6.07 Å². The predicted octanol–water partition coefficient (Wildman–Crippen LogP) is 2.65. The van der Waals surface area contributed by atoms with Gasteiger partial charge in [-0.05, 0) is 36.8 Å². The standard InChI is InChI=1S/C15H20N2O2S2/c1-20-15(8-2-3-9-15)12-17-21(18,19)11-14-6-4-13(10-16)5-7-14/h4-7,17H,2-3,8-9,11-12H2,1H3. The van der Waals surface area contributed by atoms with E-state index >= 15 is 0 Å². The summed E-state index contributed by atoms with van der Waals surface area (Å²) < 4.78 is 27.2. The second-order valence-electron chi connectivity index (χ2n) is 5.48. The predicted molar refractivity (Wildman–Crippen MR) is 86.5 cm³/mol. The van der Waals surface area contributed by atoms with E-state index in [2.05, 4.69) is 11.0 Å². The molecule has 1 N–H and O–H groups in total. The zero-order valence-electron chi connectivity index (χ0n) is 12.1. The van der Waals surface area contributed by atoms with Gasteiger partial charge in [-0.15, -0.1) is 0 Å². The molecule has 0 aromatic heterocycles. The third kappa shape index (κ3) is 4.47. The molecule has 0 spiro atoms. The minimum atomic E-state index is -3.34. The minimum absolute atomic E-state index is 0.0385. The van der Waals surface area contributed by atoms with Crippen LogP contribution in [-0.4, -0.2) is 26.0 Å². The van der Waals surface area contributed by atoms with Gasteiger partial charge in [0.25, 0.3) is 0 Å². The van der Waals surface area contributed by atoms with Gasteiger partial charge in [0.2, 0.25) is 10.0 Å². The summed E-state index contributed by atoms with van der Waals surface area (Å²) in [4.78, 5) is 0. The van der Waals surface area contributed by atoms with E-state index in [4.69, 9.17) is 5.26 Å². The van der Waals surface area contributed by atoms with Crippen molar-refractivity contribution in [3.05, 3.63) is 35.4 Å². The summed E-state index contributed by atoms with van der Waals surface area (Å²) >= 11 is 1.77. The number of nitrogens with one attached hydrogen (secondary N) is 1. The topological polar surface area (TPSA) is 70.0 Å². The normalized spacial score (nSPS) is 17.5. The van der Waals surface area contributed by atoms with Gasteiger partial charge in [-0.3, -0.25) is 0 Å². The zero-order chi connectivity index (χ0) is 15.3. The number of nitriles is 1. The maximum absolute atomic E-state index is 12.2. The average Bonchev–Trinajstić information content (AvgIpc) is 2.95. The maximum atomic E-state index is 12.2. The van der Waals surface area contributed by atoms with E-state index in [0.717, 1.165) is 12.8 Å². The molecule has 0 amide bonds. The Morgan fingerprint density at radius 1 is 1.29 bits per heavy atom. The highest BCUT2D eigenvalue weighted by Crippen LogP contribution is 2.39. The number of sulfonamides is 1. The molecule has 21 heavy (non-hydrogen) atoms. The fourth-order valence-corrected chi connectivity index (χ4v) is 4.89. The molecule has 1 fully saturated rings. The summed E-state index contributed by atoms with van der Waals surface area (Å²) in [5.74, 6) is -0.0385. The first-order valence-corrected chi connectivity index (χ1v) is 9.88. The Balaban J connectivity index is 1.96. The lowest BCUT2D eigenvalue weighted by Gasteiger charge is -2.26. The first-order valence-electron chi connectivity index (χ1n) is 7.00. The smallest absolute Gasteiger partial charge is 0.214 e. The van der Waals surface area contributed by atoms with Gasteiger partial charge in [-0.25, -0.2) is 13.1 Å². The molecule has 1 aliphatic carbocycles. The molecule has 0 atom stereocenters. The lowest BCUT2D eigenvalue weighted by molar-refractivity contribution is 0.550. The van der Waals surface area contributed by atoms with Crippen LogP contribution in [0.25, 0.3) is 0 Å². The van der Waals surface area contributed by atoms with Crippen LogP contribution in [0.3, 0.4) is 0 Å². The largest absolute Gasteiger partial charge is 0.215 e. The van der Waals surface area contributed by atoms with Crippen molar-refractivity contribution in [3.63, 3.8) is 0 Å². The molecule has 0 unspecified atom stereocenters. The van der Waals surface area contributed by atoms with Gasteiger partial charge in [0, 0.05) is 11.3 Å². The van der Waals surface area contributed by atoms with Crippen molar-refractivity contribution < 1.29 is 8.42 Å². The minimum Gasteiger partial charge on any atom is -0.214 e. The molecule has 1 aromatic carbocycles. The summed E-state index contributed by atoms with van der Waals surface area (Å²) in [5.41, 5.74) is 1.24. The van der Waals surface area contributed by atoms with Crippen LogP contribution >= 0.6 is 11.8 Å². The molecule has 1 aromatic rings. The second-order valence-corrected chi connectivity index (χ2v) is 8.56. The van der Waals surface area contributed by atoms with Crippen LogP contribution in [-0.2, 0) is 15.8 Å². The first kappa shape index (κ1) is 16.3. The van der Waals surface area contributed by atoms with Gasteiger partial charge >= 0.3 is 0 Å². The Morgan fingerprint density at radius 2 is 1.90 bits per heavy atom. The van der Waals surface area contributed by atoms with Gasteiger partial charge < -0.3 is 0 Å². The highest BCUT2D eigenvalue weighted by molar-refractivity contribution is 8.00. The number of rotatable bonds is 6. The quantitative estimate of drug-likeness (QED) is 0.873. The van der Waals surface area contributed by atoms with Gasteiger partial charge in [0.05, 0.1) is 17.4 Å². The Hall–Kier alpha value is -1.03. The third-order valence-electron chi connectivity index (χ3n) is 4.00. The van der Waals surface area contributed by atoms with Gasteiger partial charge in [0.1, 0.15) is 0 Å². The SMILES string of the molecule is CSC1(CNS(=O)(=O)Cc2ccc(C#N)cc2)CCCC1. The van der Waals surface area contributed by atoms with Crippen molar-refractivity contribution in [1.29, 1.82) is 5.26 Å². The summed E-state index contributed by atoms with van der Waals surface area (Å²) in [6.07, 6.45) is 6.57. The summed E-state index contributed by atoms with van der Waals surface area (Å²) in [5, 5.41) is 8.74. The van der Waals surface area contributed by atoms with E-state index in [9.17, 15) is 8.42 Å². The number of hydrogen-bond acceptors (Lipinski definition) is 4. The van der Waals surface area contributed by atoms with E-state index in [1.165, 1.54) is 12.8 Å². The van der Waals surface area contributed by atoms with E-state index in [1.54, 1.807) is 36.0 Å². The Kier molecular flexibility index (Phi) is 5.31. The molecule has 0 bridgehead atoms. The van der Waals surface area contributed by atoms with Crippen LogP contribution < -0.4 is 4.72 Å². The van der Waals surface area contributed by atoms with Crippen LogP contribution in [0.1, 0.15) is 36.8 Å². The van der Waals surface area contributed by atoms with Crippen LogP contribution in [0.2, 0.25) is 0 Å². The zero-order valence-corrected chi connectivity index (χ0v) is 13.8. The first-order chi connectivity index (χ1) is 9.99. The molecule has 0 saturated heterocycles. The summed E-state index contributed by atoms with van der Waals surface area (Å²) in [7, 11) is -3.34. The van der Waals surface area contributed by atoms with Crippen molar-refractivity contribution in [1.82, 2.24) is 4.72 Å². The van der Waals surface area contributed by atoms with E-state index < -0.39 is 10.0 Å². The molecule has 4 nitrogen and oxygen atoms in total. The van der Waals surface area contributed by atoms with Crippen molar-refractivity contribution in [2.75, 3.05) is 12.8 Å². The Labute approximate surface area is 131 Å². The summed E-state index contributed by atoms with van der Waals surface area (Å²) in [6.45, 7) is 0.507. The van der Waals surface area contributed by atoms with Crippen LogP contribution in [0.5, 0.6) is 0 Å². The van der Waals surface area contributed by atoms with Crippen molar-refractivity contribution in [2.24, 2.45) is 0 Å². The molecule has 0 heterocycles. The maximum Gasteiger partial charge on any atom is 0.215 e. The molecule has 0 aliphatic heterocycles. The Morgan fingerprint density at radius 3 is 2.43 bits per heavy atom. The third-order valence-corrected chi connectivity index (χ3v) is 6.72. The van der Waals surface area contributed by atoms with Crippen LogP contribution in [0.15, 0.2) is 24.3 Å². The molecule has 114 valence electrons. The van der Waals surface area contributed by atoms with Crippen molar-refractivity contribution in [2.45, 2.75) is 36.2 Å². The Bertz CT molecular complexity index is 612. The van der Waals surface area contributed by atoms with E-state index in [0.29, 0.717) is 17.7 Å². The van der Waals surface area contributed by atoms with Crippen LogP contribution in [0, 0.1) is 11.3 Å². The molecular weight excluding hydrogens is 304 g/mol. The fraction of sp³-hybridized carbons (Fsp3) is 0.533. The highest BCUT2D eigenvalue weighted by Gasteiger charge is 2.33. The van der Waals surface area contributed by atoms with Crippen molar-refractivity contribution in [3.8, 4) is 6.07 Å². The van der Waals surface area contributed by atoms with Crippen LogP contribution in [0.4, 0.5) is 0 Å². The molecule has 2 rings (SSSR count). The number of thioether (sulfide) groups is 1. The van der Waals surface area contributed by atoms with Gasteiger partial charge in [-0.1, -0.05) is 25.0 Å². The second kappa shape index (κ2) is 6.82. The van der Waals surface area contributed by atoms with Gasteiger partial charge in [0.15, 0.2) is 0 Å². The van der Waals surface area contributed by atoms with Gasteiger partial charge in [-0.2, -0.15) is 17.0 Å². The number of benzene rings is 1. The molecule has 1 aliphatic rings. The lowest BCUT2D eigenvalue weighted by Crippen LogP contribution is -2.38. The fourth-order valence-electron chi connectivity index (χ4n) is 2.66. The molecular formula is C15H20N2O2S2. The molecule has 1 saturated carbocycles. The highest BCUT2D eigenvalue weighted by atomic mass is 32.2. The number of nitrogens with zero attached hydrogens (tertiary/aromatic N) is 1. The number of hydrogen-bond donors (Lipinski definition) is 1. The van der Waals surface area contributed by atoms with Crippen molar-refractivity contribution >= 4 is 21.8 Å². The molecule has 0 radical (unpaired) electrons. The summed E-state index contributed by atoms with van der Waals surface area (Å²) in [6, 6.07) is 8.70. The monoisotopic (exact) mass is 324 g/mol.